The summed E-state index contributed by atoms with van der Waals surface area (Å²) in [5, 5.41) is 2.74. The first kappa shape index (κ1) is 11.7. The maximum atomic E-state index is 12.1. The van der Waals surface area contributed by atoms with Gasteiger partial charge in [0.05, 0.1) is 16.9 Å². The van der Waals surface area contributed by atoms with E-state index in [9.17, 15) is 4.79 Å². The van der Waals surface area contributed by atoms with Crippen LogP contribution in [-0.4, -0.2) is 5.91 Å². The van der Waals surface area contributed by atoms with E-state index < -0.39 is 0 Å². The quantitative estimate of drug-likeness (QED) is 0.621. The molecule has 0 spiro atoms. The Kier molecular flexibility index (Phi) is 3.31. The molecule has 0 aliphatic heterocycles. The highest BCUT2D eigenvalue weighted by Gasteiger charge is 2.10. The summed E-state index contributed by atoms with van der Waals surface area (Å²) >= 11 is 0. The minimum Gasteiger partial charge on any atom is -0.397 e. The molecule has 3 heteroatoms. The second-order valence-corrected chi connectivity index (χ2v) is 3.73. The lowest BCUT2D eigenvalue weighted by Crippen LogP contribution is -2.14. The van der Waals surface area contributed by atoms with Crippen molar-refractivity contribution in [2.45, 2.75) is 0 Å². The Labute approximate surface area is 106 Å². The standard InChI is InChI=1S/C15H12N2O/c1-2-11-7-3-4-8-12(11)15(18)17-14-10-6-5-9-13(14)16/h1,3-10H,16H2,(H,17,18). The summed E-state index contributed by atoms with van der Waals surface area (Å²) in [6.07, 6.45) is 5.36. The maximum absolute atomic E-state index is 12.1. The molecule has 0 unspecified atom stereocenters. The van der Waals surface area contributed by atoms with Crippen molar-refractivity contribution in [1.29, 1.82) is 0 Å². The number of hydrogen-bond acceptors (Lipinski definition) is 2. The molecular formula is C15H12N2O. The second kappa shape index (κ2) is 5.07. The molecule has 2 rings (SSSR count). The van der Waals surface area contributed by atoms with Crippen LogP contribution < -0.4 is 11.1 Å². The van der Waals surface area contributed by atoms with Gasteiger partial charge in [0.15, 0.2) is 0 Å². The van der Waals surface area contributed by atoms with E-state index in [1.807, 2.05) is 0 Å². The third-order valence-electron chi connectivity index (χ3n) is 2.54. The Morgan fingerprint density at radius 2 is 1.78 bits per heavy atom. The lowest BCUT2D eigenvalue weighted by Gasteiger charge is -2.08. The van der Waals surface area contributed by atoms with E-state index in [1.54, 1.807) is 48.5 Å². The molecular weight excluding hydrogens is 224 g/mol. The molecule has 3 nitrogen and oxygen atoms in total. The van der Waals surface area contributed by atoms with Crippen molar-refractivity contribution in [2.75, 3.05) is 11.1 Å². The van der Waals surface area contributed by atoms with Crippen molar-refractivity contribution in [3.05, 3.63) is 59.7 Å². The zero-order valence-electron chi connectivity index (χ0n) is 9.68. The molecule has 0 aliphatic carbocycles. The molecule has 88 valence electrons. The van der Waals surface area contributed by atoms with Gasteiger partial charge >= 0.3 is 0 Å². The molecule has 0 radical (unpaired) electrons. The lowest BCUT2D eigenvalue weighted by atomic mass is 10.1. The van der Waals surface area contributed by atoms with Crippen molar-refractivity contribution >= 4 is 17.3 Å². The summed E-state index contributed by atoms with van der Waals surface area (Å²) in [6.45, 7) is 0. The van der Waals surface area contributed by atoms with Gasteiger partial charge in [0.2, 0.25) is 0 Å². The fraction of sp³-hybridized carbons (Fsp3) is 0. The highest BCUT2D eigenvalue weighted by molar-refractivity contribution is 6.07. The molecule has 2 aromatic carbocycles. The Morgan fingerprint density at radius 3 is 2.50 bits per heavy atom. The smallest absolute Gasteiger partial charge is 0.256 e. The van der Waals surface area contributed by atoms with E-state index in [1.165, 1.54) is 0 Å². The minimum absolute atomic E-state index is 0.263. The average molecular weight is 236 g/mol. The number of nitrogens with one attached hydrogen (secondary N) is 1. The predicted molar refractivity (Wildman–Crippen MR) is 73.2 cm³/mol. The second-order valence-electron chi connectivity index (χ2n) is 3.73. The number of benzene rings is 2. The summed E-state index contributed by atoms with van der Waals surface area (Å²) in [7, 11) is 0. The summed E-state index contributed by atoms with van der Waals surface area (Å²) in [6, 6.07) is 14.0. The largest absolute Gasteiger partial charge is 0.397 e. The number of carbonyl (C=O) groups is 1. The van der Waals surface area contributed by atoms with Crippen LogP contribution in [0, 0.1) is 12.3 Å². The van der Waals surface area contributed by atoms with E-state index in [0.29, 0.717) is 22.5 Å². The van der Waals surface area contributed by atoms with Crippen LogP contribution in [0.5, 0.6) is 0 Å². The molecule has 0 bridgehead atoms. The third kappa shape index (κ3) is 2.33. The van der Waals surface area contributed by atoms with Crippen LogP contribution in [0.2, 0.25) is 0 Å². The van der Waals surface area contributed by atoms with E-state index in [-0.39, 0.29) is 5.91 Å². The van der Waals surface area contributed by atoms with Gasteiger partial charge < -0.3 is 11.1 Å². The number of amides is 1. The Hall–Kier alpha value is -2.73. The number of hydrogen-bond donors (Lipinski definition) is 2. The Balaban J connectivity index is 2.29. The van der Waals surface area contributed by atoms with Crippen molar-refractivity contribution in [3.63, 3.8) is 0 Å². The molecule has 18 heavy (non-hydrogen) atoms. The highest BCUT2D eigenvalue weighted by atomic mass is 16.1. The normalized spacial score (nSPS) is 9.50. The number of para-hydroxylation sites is 2. The van der Waals surface area contributed by atoms with E-state index in [4.69, 9.17) is 12.2 Å². The molecule has 0 fully saturated rings. The first-order valence-corrected chi connectivity index (χ1v) is 5.44. The van der Waals surface area contributed by atoms with Gasteiger partial charge in [0.1, 0.15) is 0 Å². The molecule has 0 atom stereocenters. The van der Waals surface area contributed by atoms with Crippen LogP contribution >= 0.6 is 0 Å². The number of anilines is 2. The Morgan fingerprint density at radius 1 is 1.11 bits per heavy atom. The molecule has 0 heterocycles. The van der Waals surface area contributed by atoms with Crippen LogP contribution in [0.4, 0.5) is 11.4 Å². The zero-order valence-corrected chi connectivity index (χ0v) is 9.68. The zero-order chi connectivity index (χ0) is 13.0. The summed E-state index contributed by atoms with van der Waals surface area (Å²) in [4.78, 5) is 12.1. The van der Waals surface area contributed by atoms with E-state index in [0.717, 1.165) is 0 Å². The fourth-order valence-corrected chi connectivity index (χ4v) is 1.61. The molecule has 2 aromatic rings. The monoisotopic (exact) mass is 236 g/mol. The van der Waals surface area contributed by atoms with Gasteiger partial charge in [-0.1, -0.05) is 30.2 Å². The molecule has 1 amide bonds. The number of terminal acetylenes is 1. The van der Waals surface area contributed by atoms with Crippen molar-refractivity contribution in [2.24, 2.45) is 0 Å². The Bertz CT molecular complexity index is 626. The van der Waals surface area contributed by atoms with Crippen molar-refractivity contribution in [1.82, 2.24) is 0 Å². The molecule has 0 saturated carbocycles. The first-order chi connectivity index (χ1) is 8.72. The summed E-state index contributed by atoms with van der Waals surface area (Å²) in [5.41, 5.74) is 7.88. The van der Waals surface area contributed by atoms with Crippen LogP contribution in [-0.2, 0) is 0 Å². The maximum Gasteiger partial charge on any atom is 0.256 e. The predicted octanol–water partition coefficient (Wildman–Crippen LogP) is 2.50. The van der Waals surface area contributed by atoms with Crippen molar-refractivity contribution in [3.8, 4) is 12.3 Å². The molecule has 0 aromatic heterocycles. The van der Waals surface area contributed by atoms with Gasteiger partial charge in [-0.2, -0.15) is 0 Å². The van der Waals surface area contributed by atoms with Crippen LogP contribution in [0.3, 0.4) is 0 Å². The van der Waals surface area contributed by atoms with Gasteiger partial charge in [-0.3, -0.25) is 4.79 Å². The number of nitrogen functional groups attached to an aromatic ring is 1. The van der Waals surface area contributed by atoms with Gasteiger partial charge in [0, 0.05) is 5.56 Å². The number of rotatable bonds is 2. The highest BCUT2D eigenvalue weighted by Crippen LogP contribution is 2.18. The fourth-order valence-electron chi connectivity index (χ4n) is 1.61. The van der Waals surface area contributed by atoms with Gasteiger partial charge in [0.25, 0.3) is 5.91 Å². The van der Waals surface area contributed by atoms with Gasteiger partial charge in [-0.05, 0) is 24.3 Å². The van der Waals surface area contributed by atoms with Crippen LogP contribution in [0.25, 0.3) is 0 Å². The lowest BCUT2D eigenvalue weighted by molar-refractivity contribution is 0.102. The third-order valence-corrected chi connectivity index (χ3v) is 2.54. The number of carbonyl (C=O) groups excluding carboxylic acids is 1. The average Bonchev–Trinajstić information content (AvgIpc) is 2.41. The van der Waals surface area contributed by atoms with E-state index in [2.05, 4.69) is 11.2 Å². The van der Waals surface area contributed by atoms with E-state index >= 15 is 0 Å². The van der Waals surface area contributed by atoms with Crippen molar-refractivity contribution < 1.29 is 4.79 Å². The SMILES string of the molecule is C#Cc1ccccc1C(=O)Nc1ccccc1N. The molecule has 0 saturated heterocycles. The van der Waals surface area contributed by atoms with Crippen LogP contribution in [0.15, 0.2) is 48.5 Å². The van der Waals surface area contributed by atoms with Gasteiger partial charge in [-0.15, -0.1) is 6.42 Å². The van der Waals surface area contributed by atoms with Crippen LogP contribution in [0.1, 0.15) is 15.9 Å². The summed E-state index contributed by atoms with van der Waals surface area (Å²) < 4.78 is 0. The first-order valence-electron chi connectivity index (χ1n) is 5.44. The minimum atomic E-state index is -0.263. The number of nitrogens with two attached hydrogens (primary N) is 1. The van der Waals surface area contributed by atoms with Gasteiger partial charge in [-0.25, -0.2) is 0 Å². The molecule has 0 aliphatic rings. The molecule has 3 N–H and O–H groups in total. The summed E-state index contributed by atoms with van der Waals surface area (Å²) in [5.74, 6) is 2.22. The topological polar surface area (TPSA) is 55.1 Å².